The van der Waals surface area contributed by atoms with Crippen LogP contribution in [0, 0.1) is 0 Å². The van der Waals surface area contributed by atoms with Gasteiger partial charge in [0.15, 0.2) is 5.17 Å². The Morgan fingerprint density at radius 3 is 2.16 bits per heavy atom. The second kappa shape index (κ2) is 14.2. The highest BCUT2D eigenvalue weighted by Crippen LogP contribution is 2.25. The van der Waals surface area contributed by atoms with Crippen LogP contribution in [-0.2, 0) is 4.79 Å². The predicted octanol–water partition coefficient (Wildman–Crippen LogP) is 5.13. The lowest BCUT2D eigenvalue weighted by Gasteiger charge is -2.11. The van der Waals surface area contributed by atoms with E-state index in [1.165, 1.54) is 25.7 Å². The van der Waals surface area contributed by atoms with Crippen molar-refractivity contribution in [1.29, 1.82) is 0 Å². The van der Waals surface area contributed by atoms with Crippen LogP contribution in [0.4, 0.5) is 5.69 Å². The van der Waals surface area contributed by atoms with Crippen LogP contribution < -0.4 is 10.6 Å². The number of aliphatic hydroxyl groups excluding tert-OH is 1. The number of unbranched alkanes of at least 4 members (excludes halogenated alkanes) is 8. The maximum Gasteiger partial charge on any atom is 0.259 e. The smallest absolute Gasteiger partial charge is 0.259 e. The minimum absolute atomic E-state index is 0.0564. The molecule has 7 heteroatoms. The molecule has 1 aliphatic heterocycles. The van der Waals surface area contributed by atoms with Gasteiger partial charge in [0, 0.05) is 18.3 Å². The van der Waals surface area contributed by atoms with Crippen molar-refractivity contribution in [2.45, 2.75) is 89.3 Å². The van der Waals surface area contributed by atoms with Gasteiger partial charge in [-0.15, -0.1) is 0 Å². The predicted molar refractivity (Wildman–Crippen MR) is 130 cm³/mol. The Kier molecular flexibility index (Phi) is 11.7. The van der Waals surface area contributed by atoms with Crippen molar-refractivity contribution in [2.75, 3.05) is 11.9 Å². The number of rotatable bonds is 13. The molecule has 0 radical (unpaired) electrons. The van der Waals surface area contributed by atoms with Crippen molar-refractivity contribution in [1.82, 2.24) is 5.32 Å². The number of nitrogens with one attached hydrogen (secondary N) is 2. The standard InChI is InChI=1S/C24H37N3O3S/c1-18-19(2)31-24(25-18)27-23(30)20-14-11-12-15-21(20)26-22(29)16-10-8-6-4-3-5-7-9-13-17-28/h11-12,14-15,18-19,28H,3-10,13,16-17H2,1-2H3,(H,26,29)(H,25,27,30). The molecular weight excluding hydrogens is 410 g/mol. The number of para-hydroxylation sites is 1. The fraction of sp³-hybridized carbons (Fsp3) is 0.625. The Labute approximate surface area is 190 Å². The Morgan fingerprint density at radius 1 is 0.935 bits per heavy atom. The molecule has 1 heterocycles. The first-order valence-electron chi connectivity index (χ1n) is 11.6. The summed E-state index contributed by atoms with van der Waals surface area (Å²) in [4.78, 5) is 29.5. The van der Waals surface area contributed by atoms with Crippen molar-refractivity contribution in [3.63, 3.8) is 0 Å². The molecule has 0 aromatic heterocycles. The summed E-state index contributed by atoms with van der Waals surface area (Å²) < 4.78 is 0. The number of benzene rings is 1. The molecule has 1 aromatic carbocycles. The first-order valence-corrected chi connectivity index (χ1v) is 12.4. The summed E-state index contributed by atoms with van der Waals surface area (Å²) in [6, 6.07) is 7.28. The molecular formula is C24H37N3O3S. The number of amides is 2. The molecule has 0 spiro atoms. The highest BCUT2D eigenvalue weighted by molar-refractivity contribution is 8.14. The van der Waals surface area contributed by atoms with Crippen LogP contribution in [0.5, 0.6) is 0 Å². The summed E-state index contributed by atoms with van der Waals surface area (Å²) in [6.07, 6.45) is 10.4. The monoisotopic (exact) mass is 447 g/mol. The van der Waals surface area contributed by atoms with Gasteiger partial charge in [0.1, 0.15) is 0 Å². The van der Waals surface area contributed by atoms with Gasteiger partial charge in [-0.25, -0.2) is 0 Å². The first kappa shape index (κ1) is 25.4. The Bertz CT molecular complexity index is 739. The van der Waals surface area contributed by atoms with Crippen LogP contribution in [0.2, 0.25) is 0 Å². The maximum atomic E-state index is 12.7. The van der Waals surface area contributed by atoms with E-state index in [1.54, 1.807) is 30.0 Å². The first-order chi connectivity index (χ1) is 15.0. The zero-order valence-electron chi connectivity index (χ0n) is 18.9. The number of nitrogens with zero attached hydrogens (tertiary/aromatic N) is 1. The molecule has 3 N–H and O–H groups in total. The normalized spacial score (nSPS) is 18.0. The fourth-order valence-corrected chi connectivity index (χ4v) is 4.45. The van der Waals surface area contributed by atoms with E-state index < -0.39 is 0 Å². The lowest BCUT2D eigenvalue weighted by atomic mass is 10.1. The van der Waals surface area contributed by atoms with Crippen molar-refractivity contribution < 1.29 is 14.7 Å². The molecule has 1 aliphatic rings. The quantitative estimate of drug-likeness (QED) is 0.366. The average molecular weight is 448 g/mol. The lowest BCUT2D eigenvalue weighted by Crippen LogP contribution is -2.28. The number of thioether (sulfide) groups is 1. The van der Waals surface area contributed by atoms with E-state index in [0.29, 0.717) is 34.7 Å². The van der Waals surface area contributed by atoms with E-state index in [0.717, 1.165) is 32.1 Å². The molecule has 0 bridgehead atoms. The number of aliphatic hydroxyl groups is 1. The second-order valence-corrected chi connectivity index (χ2v) is 9.57. The number of amidine groups is 1. The summed E-state index contributed by atoms with van der Waals surface area (Å²) in [5.41, 5.74) is 0.991. The average Bonchev–Trinajstić information content (AvgIpc) is 3.06. The largest absolute Gasteiger partial charge is 0.396 e. The van der Waals surface area contributed by atoms with E-state index in [9.17, 15) is 9.59 Å². The fourth-order valence-electron chi connectivity index (χ4n) is 3.46. The summed E-state index contributed by atoms with van der Waals surface area (Å²) in [7, 11) is 0. The van der Waals surface area contributed by atoms with Gasteiger partial charge in [0.25, 0.3) is 5.91 Å². The third kappa shape index (κ3) is 9.44. The van der Waals surface area contributed by atoms with E-state index in [4.69, 9.17) is 5.11 Å². The highest BCUT2D eigenvalue weighted by atomic mass is 32.2. The third-order valence-electron chi connectivity index (χ3n) is 5.53. The van der Waals surface area contributed by atoms with Crippen LogP contribution in [0.1, 0.15) is 88.4 Å². The van der Waals surface area contributed by atoms with Gasteiger partial charge in [-0.3, -0.25) is 14.6 Å². The zero-order chi connectivity index (χ0) is 22.5. The van der Waals surface area contributed by atoms with Gasteiger partial charge in [-0.2, -0.15) is 0 Å². The topological polar surface area (TPSA) is 90.8 Å². The number of hydrogen-bond acceptors (Lipinski definition) is 5. The lowest BCUT2D eigenvalue weighted by molar-refractivity contribution is -0.116. The van der Waals surface area contributed by atoms with E-state index in [1.807, 2.05) is 13.0 Å². The van der Waals surface area contributed by atoms with Crippen LogP contribution >= 0.6 is 11.8 Å². The number of carbonyl (C=O) groups excluding carboxylic acids is 2. The van der Waals surface area contributed by atoms with Gasteiger partial charge in [-0.1, -0.05) is 75.8 Å². The third-order valence-corrected chi connectivity index (χ3v) is 6.72. The number of hydrogen-bond donors (Lipinski definition) is 3. The highest BCUT2D eigenvalue weighted by Gasteiger charge is 2.24. The molecule has 0 saturated heterocycles. The summed E-state index contributed by atoms with van der Waals surface area (Å²) in [5.74, 6) is -0.304. The molecule has 0 aliphatic carbocycles. The van der Waals surface area contributed by atoms with Gasteiger partial charge in [-0.05, 0) is 31.9 Å². The zero-order valence-corrected chi connectivity index (χ0v) is 19.7. The van der Waals surface area contributed by atoms with Gasteiger partial charge in [0.2, 0.25) is 5.91 Å². The second-order valence-electron chi connectivity index (χ2n) is 8.20. The summed E-state index contributed by atoms with van der Waals surface area (Å²) >= 11 is 1.56. The van der Waals surface area contributed by atoms with Crippen molar-refractivity contribution in [2.24, 2.45) is 4.99 Å². The van der Waals surface area contributed by atoms with Crippen molar-refractivity contribution in [3.05, 3.63) is 29.8 Å². The Hall–Kier alpha value is -1.86. The van der Waals surface area contributed by atoms with Crippen molar-refractivity contribution in [3.8, 4) is 0 Å². The summed E-state index contributed by atoms with van der Waals surface area (Å²) in [5, 5.41) is 15.5. The van der Waals surface area contributed by atoms with Gasteiger partial charge in [0.05, 0.1) is 17.3 Å². The van der Waals surface area contributed by atoms with Gasteiger partial charge >= 0.3 is 0 Å². The van der Waals surface area contributed by atoms with Crippen LogP contribution in [-0.4, -0.2) is 40.0 Å². The van der Waals surface area contributed by atoms with E-state index >= 15 is 0 Å². The molecule has 2 unspecified atom stereocenters. The molecule has 31 heavy (non-hydrogen) atoms. The Morgan fingerprint density at radius 2 is 1.55 bits per heavy atom. The molecule has 0 saturated carbocycles. The molecule has 2 amide bonds. The van der Waals surface area contributed by atoms with E-state index in [-0.39, 0.29) is 17.9 Å². The van der Waals surface area contributed by atoms with E-state index in [2.05, 4.69) is 22.5 Å². The Balaban J connectivity index is 1.69. The molecule has 6 nitrogen and oxygen atoms in total. The van der Waals surface area contributed by atoms with Crippen molar-refractivity contribution >= 4 is 34.4 Å². The van der Waals surface area contributed by atoms with Crippen LogP contribution in [0.3, 0.4) is 0 Å². The van der Waals surface area contributed by atoms with Crippen LogP contribution in [0.15, 0.2) is 29.3 Å². The maximum absolute atomic E-state index is 12.7. The number of anilines is 1. The van der Waals surface area contributed by atoms with Gasteiger partial charge < -0.3 is 15.7 Å². The molecule has 172 valence electrons. The number of carbonyl (C=O) groups is 2. The SMILES string of the molecule is CC1N=C(NC(=O)c2ccccc2NC(=O)CCCCCCCCCCCO)SC1C. The van der Waals surface area contributed by atoms with Crippen LogP contribution in [0.25, 0.3) is 0 Å². The molecule has 2 atom stereocenters. The minimum atomic E-state index is -0.248. The number of aliphatic imine (C=N–C) groups is 1. The molecule has 0 fully saturated rings. The molecule has 1 aromatic rings. The summed E-state index contributed by atoms with van der Waals surface area (Å²) in [6.45, 7) is 4.42. The minimum Gasteiger partial charge on any atom is -0.396 e. The molecule has 2 rings (SSSR count).